The second kappa shape index (κ2) is 71.3. The van der Waals surface area contributed by atoms with Gasteiger partial charge in [0.15, 0.2) is 6.10 Å². The van der Waals surface area contributed by atoms with Gasteiger partial charge in [-0.3, -0.25) is 14.4 Å². The average Bonchev–Trinajstić information content (AvgIpc) is 3.50. The van der Waals surface area contributed by atoms with Gasteiger partial charge in [0.2, 0.25) is 0 Å². The molecule has 1 unspecified atom stereocenters. The van der Waals surface area contributed by atoms with Crippen LogP contribution in [-0.2, 0) is 28.6 Å². The fourth-order valence-corrected chi connectivity index (χ4v) is 10.7. The van der Waals surface area contributed by atoms with Gasteiger partial charge >= 0.3 is 17.9 Å². The first-order chi connectivity index (χ1) is 41.0. The van der Waals surface area contributed by atoms with Crippen LogP contribution < -0.4 is 0 Å². The van der Waals surface area contributed by atoms with Gasteiger partial charge in [0, 0.05) is 19.3 Å². The second-order valence-corrected chi connectivity index (χ2v) is 24.5. The lowest BCUT2D eigenvalue weighted by Crippen LogP contribution is -2.30. The Labute approximate surface area is 516 Å². The van der Waals surface area contributed by atoms with Crippen molar-refractivity contribution in [1.82, 2.24) is 0 Å². The number of hydrogen-bond acceptors (Lipinski definition) is 6. The molecule has 0 saturated carbocycles. The summed E-state index contributed by atoms with van der Waals surface area (Å²) in [5, 5.41) is 0. The van der Waals surface area contributed by atoms with Crippen LogP contribution >= 0.6 is 0 Å². The number of rotatable bonds is 67. The monoisotopic (exact) mass is 1160 g/mol. The summed E-state index contributed by atoms with van der Waals surface area (Å²) in [5.74, 6) is -0.865. The number of unbranched alkanes of at least 4 members (excludes halogenated alkanes) is 44. The molecule has 0 amide bonds. The minimum Gasteiger partial charge on any atom is -0.462 e. The zero-order valence-electron chi connectivity index (χ0n) is 55.5. The Kier molecular flexibility index (Phi) is 68.6. The molecule has 482 valence electrons. The standard InChI is InChI=1S/C77H138O6/c1-4-7-10-13-16-19-22-25-28-31-33-34-35-36-37-38-39-40-41-42-44-46-49-52-55-58-61-64-67-70-76(79)82-73-74(72-81-75(78)69-66-63-60-57-54-51-48-45-30-27-24-21-18-15-12-9-6-3)83-77(80)71-68-65-62-59-56-53-50-47-43-32-29-26-23-20-17-14-11-8-5-2/h18,21-22,25-27,29-31,33,35-36,74H,4-17,19-20,23-24,28,32,34,37-73H2,1-3H3/b21-18-,25-22-,29-26-,30-27-,33-31-,36-35-. The summed E-state index contributed by atoms with van der Waals surface area (Å²) < 4.78 is 17.0. The minimum atomic E-state index is -0.781. The van der Waals surface area contributed by atoms with E-state index in [1.807, 2.05) is 0 Å². The van der Waals surface area contributed by atoms with E-state index in [1.165, 1.54) is 257 Å². The van der Waals surface area contributed by atoms with Crippen LogP contribution in [0.25, 0.3) is 0 Å². The van der Waals surface area contributed by atoms with Crippen molar-refractivity contribution < 1.29 is 28.6 Å². The summed E-state index contributed by atoms with van der Waals surface area (Å²) in [5.41, 5.74) is 0. The Bertz CT molecular complexity index is 1520. The summed E-state index contributed by atoms with van der Waals surface area (Å²) >= 11 is 0. The molecule has 0 aromatic heterocycles. The molecule has 83 heavy (non-hydrogen) atoms. The Hall–Kier alpha value is -3.15. The van der Waals surface area contributed by atoms with Crippen LogP contribution in [0.2, 0.25) is 0 Å². The van der Waals surface area contributed by atoms with Gasteiger partial charge in [-0.1, -0.05) is 318 Å². The van der Waals surface area contributed by atoms with Gasteiger partial charge in [-0.15, -0.1) is 0 Å². The van der Waals surface area contributed by atoms with Crippen molar-refractivity contribution in [3.63, 3.8) is 0 Å². The van der Waals surface area contributed by atoms with Crippen molar-refractivity contribution in [1.29, 1.82) is 0 Å². The molecule has 1 atom stereocenters. The van der Waals surface area contributed by atoms with E-state index in [9.17, 15) is 14.4 Å². The Balaban J connectivity index is 4.29. The first kappa shape index (κ1) is 79.8. The van der Waals surface area contributed by atoms with Crippen LogP contribution in [0.5, 0.6) is 0 Å². The molecule has 0 aliphatic heterocycles. The largest absolute Gasteiger partial charge is 0.462 e. The van der Waals surface area contributed by atoms with Gasteiger partial charge in [0.05, 0.1) is 0 Å². The van der Waals surface area contributed by atoms with E-state index >= 15 is 0 Å². The van der Waals surface area contributed by atoms with Gasteiger partial charge in [-0.05, 0) is 116 Å². The number of ether oxygens (including phenoxy) is 3. The van der Waals surface area contributed by atoms with Crippen molar-refractivity contribution >= 4 is 17.9 Å². The lowest BCUT2D eigenvalue weighted by Gasteiger charge is -2.18. The molecular weight excluding hydrogens is 1020 g/mol. The lowest BCUT2D eigenvalue weighted by atomic mass is 10.0. The third-order valence-corrected chi connectivity index (χ3v) is 16.2. The molecule has 6 nitrogen and oxygen atoms in total. The Morgan fingerprint density at radius 3 is 0.711 bits per heavy atom. The topological polar surface area (TPSA) is 78.9 Å². The maximum Gasteiger partial charge on any atom is 0.306 e. The van der Waals surface area contributed by atoms with Crippen LogP contribution in [-0.4, -0.2) is 37.2 Å². The summed E-state index contributed by atoms with van der Waals surface area (Å²) in [4.78, 5) is 38.5. The number of allylic oxidation sites excluding steroid dienone is 12. The Morgan fingerprint density at radius 2 is 0.434 bits per heavy atom. The highest BCUT2D eigenvalue weighted by atomic mass is 16.6. The van der Waals surface area contributed by atoms with Crippen molar-refractivity contribution in [2.24, 2.45) is 0 Å². The molecule has 0 aliphatic carbocycles. The quantitative estimate of drug-likeness (QED) is 0.0261. The first-order valence-corrected chi connectivity index (χ1v) is 36.4. The molecule has 0 aromatic rings. The van der Waals surface area contributed by atoms with Crippen molar-refractivity contribution in [2.45, 2.75) is 386 Å². The fourth-order valence-electron chi connectivity index (χ4n) is 10.7. The van der Waals surface area contributed by atoms with E-state index in [2.05, 4.69) is 93.7 Å². The molecule has 0 heterocycles. The van der Waals surface area contributed by atoms with Crippen molar-refractivity contribution in [2.75, 3.05) is 13.2 Å². The van der Waals surface area contributed by atoms with Gasteiger partial charge < -0.3 is 14.2 Å². The highest BCUT2D eigenvalue weighted by molar-refractivity contribution is 5.71. The van der Waals surface area contributed by atoms with Gasteiger partial charge in [0.25, 0.3) is 0 Å². The third kappa shape index (κ3) is 69.5. The van der Waals surface area contributed by atoms with E-state index in [4.69, 9.17) is 14.2 Å². The molecule has 0 N–H and O–H groups in total. The zero-order valence-corrected chi connectivity index (χ0v) is 55.5. The molecule has 0 aromatic carbocycles. The summed E-state index contributed by atoms with van der Waals surface area (Å²) in [6.45, 7) is 6.65. The van der Waals surface area contributed by atoms with Crippen LogP contribution in [0, 0.1) is 0 Å². The molecule has 0 aliphatic rings. The maximum absolute atomic E-state index is 13.0. The zero-order chi connectivity index (χ0) is 59.9. The molecule has 0 radical (unpaired) electrons. The SMILES string of the molecule is CCCCC/C=C\C/C=C\CCCCCCCCCC(=O)OCC(COC(=O)CCCCCCCCCCCCCCCC/C=C\C/C=C\C/C=C\CCCCCCC)OC(=O)CCCCCCCCCCC/C=C\CCCCCCCC. The van der Waals surface area contributed by atoms with E-state index in [0.29, 0.717) is 19.3 Å². The molecule has 0 saturated heterocycles. The minimum absolute atomic E-state index is 0.0762. The van der Waals surface area contributed by atoms with E-state index < -0.39 is 6.10 Å². The summed E-state index contributed by atoms with van der Waals surface area (Å²) in [6.07, 6.45) is 93.5. The molecule has 0 spiro atoms. The lowest BCUT2D eigenvalue weighted by molar-refractivity contribution is -0.167. The smallest absolute Gasteiger partial charge is 0.306 e. The fraction of sp³-hybridized carbons (Fsp3) is 0.805. The number of esters is 3. The van der Waals surface area contributed by atoms with Crippen LogP contribution in [0.1, 0.15) is 380 Å². The van der Waals surface area contributed by atoms with E-state index in [0.717, 1.165) is 83.5 Å². The summed E-state index contributed by atoms with van der Waals surface area (Å²) in [7, 11) is 0. The van der Waals surface area contributed by atoms with Gasteiger partial charge in [-0.25, -0.2) is 0 Å². The van der Waals surface area contributed by atoms with E-state index in [1.54, 1.807) is 0 Å². The van der Waals surface area contributed by atoms with Crippen LogP contribution in [0.4, 0.5) is 0 Å². The van der Waals surface area contributed by atoms with Crippen molar-refractivity contribution in [3.05, 3.63) is 72.9 Å². The number of carbonyl (C=O) groups is 3. The molecule has 6 heteroatoms. The second-order valence-electron chi connectivity index (χ2n) is 24.5. The predicted octanol–water partition coefficient (Wildman–Crippen LogP) is 25.2. The highest BCUT2D eigenvalue weighted by Crippen LogP contribution is 2.18. The predicted molar refractivity (Wildman–Crippen MR) is 362 cm³/mol. The molecular formula is C77H138O6. The normalized spacial score (nSPS) is 12.5. The van der Waals surface area contributed by atoms with Crippen LogP contribution in [0.3, 0.4) is 0 Å². The molecule has 0 bridgehead atoms. The first-order valence-electron chi connectivity index (χ1n) is 36.4. The van der Waals surface area contributed by atoms with E-state index in [-0.39, 0.29) is 31.1 Å². The Morgan fingerprint density at radius 1 is 0.241 bits per heavy atom. The van der Waals surface area contributed by atoms with Gasteiger partial charge in [-0.2, -0.15) is 0 Å². The summed E-state index contributed by atoms with van der Waals surface area (Å²) in [6, 6.07) is 0. The maximum atomic E-state index is 13.0. The number of carbonyl (C=O) groups excluding carboxylic acids is 3. The van der Waals surface area contributed by atoms with Gasteiger partial charge in [0.1, 0.15) is 13.2 Å². The van der Waals surface area contributed by atoms with Crippen LogP contribution in [0.15, 0.2) is 72.9 Å². The average molecular weight is 1160 g/mol. The molecule has 0 fully saturated rings. The molecule has 0 rings (SSSR count). The van der Waals surface area contributed by atoms with Crippen molar-refractivity contribution in [3.8, 4) is 0 Å². The third-order valence-electron chi connectivity index (χ3n) is 16.2. The highest BCUT2D eigenvalue weighted by Gasteiger charge is 2.19. The number of hydrogen-bond donors (Lipinski definition) is 0.